The lowest BCUT2D eigenvalue weighted by Gasteiger charge is -2.32. The second-order valence-electron chi connectivity index (χ2n) is 6.50. The van der Waals surface area contributed by atoms with Crippen LogP contribution in [0.3, 0.4) is 0 Å². The molecule has 1 heterocycles. The lowest BCUT2D eigenvalue weighted by molar-refractivity contribution is -0.00976. The average Bonchev–Trinajstić information content (AvgIpc) is 2.74. The van der Waals surface area contributed by atoms with Crippen LogP contribution in [0.5, 0.6) is 23.0 Å². The quantitative estimate of drug-likeness (QED) is 0.463. The van der Waals surface area contributed by atoms with Gasteiger partial charge >= 0.3 is 5.97 Å². The summed E-state index contributed by atoms with van der Waals surface area (Å²) < 4.78 is 11.4. The zero-order valence-corrected chi connectivity index (χ0v) is 15.0. The summed E-state index contributed by atoms with van der Waals surface area (Å²) in [6.07, 6.45) is -2.15. The van der Waals surface area contributed by atoms with Gasteiger partial charge in [-0.25, -0.2) is 4.79 Å². The number of hydrogen-bond donors (Lipinski definition) is 3. The van der Waals surface area contributed by atoms with Crippen molar-refractivity contribution in [3.05, 3.63) is 83.4 Å². The van der Waals surface area contributed by atoms with Crippen molar-refractivity contribution >= 4 is 11.8 Å². The van der Waals surface area contributed by atoms with E-state index in [1.807, 2.05) is 6.07 Å². The number of rotatable bonds is 3. The largest absolute Gasteiger partial charge is 0.504 e. The second kappa shape index (κ2) is 7.20. The van der Waals surface area contributed by atoms with Gasteiger partial charge in [0.15, 0.2) is 23.4 Å². The summed E-state index contributed by atoms with van der Waals surface area (Å²) in [5.41, 5.74) is 0.703. The molecular formula is C22H16O7. The first-order chi connectivity index (χ1) is 14.0. The number of hydrogen-bond acceptors (Lipinski definition) is 7. The van der Waals surface area contributed by atoms with E-state index in [9.17, 15) is 24.9 Å². The molecule has 146 valence electrons. The molecule has 0 saturated heterocycles. The van der Waals surface area contributed by atoms with Crippen LogP contribution in [0, 0.1) is 0 Å². The van der Waals surface area contributed by atoms with Crippen LogP contribution in [0.1, 0.15) is 32.4 Å². The molecule has 3 N–H and O–H groups in total. The van der Waals surface area contributed by atoms with E-state index >= 15 is 0 Å². The fourth-order valence-electron chi connectivity index (χ4n) is 3.17. The molecule has 0 spiro atoms. The van der Waals surface area contributed by atoms with Gasteiger partial charge in [0.1, 0.15) is 5.75 Å². The van der Waals surface area contributed by atoms with Crippen molar-refractivity contribution < 1.29 is 34.4 Å². The molecule has 0 amide bonds. The maximum Gasteiger partial charge on any atom is 0.339 e. The van der Waals surface area contributed by atoms with Crippen molar-refractivity contribution in [2.75, 3.05) is 0 Å². The lowest BCUT2D eigenvalue weighted by Crippen LogP contribution is -2.40. The summed E-state index contributed by atoms with van der Waals surface area (Å²) in [7, 11) is 0. The van der Waals surface area contributed by atoms with Crippen molar-refractivity contribution in [2.45, 2.75) is 12.2 Å². The fourth-order valence-corrected chi connectivity index (χ4v) is 3.17. The smallest absolute Gasteiger partial charge is 0.339 e. The van der Waals surface area contributed by atoms with Crippen molar-refractivity contribution in [1.82, 2.24) is 0 Å². The molecule has 2 atom stereocenters. The van der Waals surface area contributed by atoms with E-state index in [-0.39, 0.29) is 11.1 Å². The number of aromatic hydroxyl groups is 3. The molecule has 0 bridgehead atoms. The molecule has 0 aliphatic carbocycles. The standard InChI is InChI=1S/C22H16O7/c23-15-10-13(11-16(24)19(15)26)22(27)29-21-18(25)14-8-4-5-9-17(14)28-20(21)12-6-2-1-3-7-12/h1-11,20-21,23-24,26H. The van der Waals surface area contributed by atoms with Gasteiger partial charge in [0.2, 0.25) is 11.9 Å². The van der Waals surface area contributed by atoms with Gasteiger partial charge in [-0.3, -0.25) is 4.79 Å². The predicted molar refractivity (Wildman–Crippen MR) is 101 cm³/mol. The van der Waals surface area contributed by atoms with E-state index in [1.165, 1.54) is 0 Å². The Kier molecular flexibility index (Phi) is 4.56. The number of esters is 1. The van der Waals surface area contributed by atoms with E-state index in [2.05, 4.69) is 0 Å². The van der Waals surface area contributed by atoms with Gasteiger partial charge in [-0.05, 0) is 29.8 Å². The zero-order valence-electron chi connectivity index (χ0n) is 15.0. The van der Waals surface area contributed by atoms with Gasteiger partial charge in [0.05, 0.1) is 11.1 Å². The number of fused-ring (bicyclic) bond motifs is 1. The minimum atomic E-state index is -1.28. The van der Waals surface area contributed by atoms with Gasteiger partial charge in [-0.2, -0.15) is 0 Å². The summed E-state index contributed by atoms with van der Waals surface area (Å²) in [5, 5.41) is 28.7. The van der Waals surface area contributed by atoms with Gasteiger partial charge in [-0.1, -0.05) is 42.5 Å². The van der Waals surface area contributed by atoms with Gasteiger partial charge in [-0.15, -0.1) is 0 Å². The highest BCUT2D eigenvalue weighted by Crippen LogP contribution is 2.38. The van der Waals surface area contributed by atoms with Crippen LogP contribution in [0.4, 0.5) is 0 Å². The molecule has 1 aliphatic heterocycles. The number of ether oxygens (including phenoxy) is 2. The SMILES string of the molecule is O=C(OC1C(=O)c2ccccc2OC1c1ccccc1)c1cc(O)c(O)c(O)c1. The van der Waals surface area contributed by atoms with Crippen molar-refractivity contribution in [1.29, 1.82) is 0 Å². The Balaban J connectivity index is 1.71. The highest BCUT2D eigenvalue weighted by atomic mass is 16.6. The molecule has 2 unspecified atom stereocenters. The van der Waals surface area contributed by atoms with E-state index in [0.717, 1.165) is 12.1 Å². The molecule has 3 aromatic carbocycles. The summed E-state index contributed by atoms with van der Waals surface area (Å²) in [6, 6.07) is 17.4. The highest BCUT2D eigenvalue weighted by molar-refractivity contribution is 6.05. The minimum Gasteiger partial charge on any atom is -0.504 e. The van der Waals surface area contributed by atoms with E-state index in [1.54, 1.807) is 48.5 Å². The van der Waals surface area contributed by atoms with E-state index in [0.29, 0.717) is 11.3 Å². The molecular weight excluding hydrogens is 376 g/mol. The van der Waals surface area contributed by atoms with Crippen LogP contribution in [-0.4, -0.2) is 33.2 Å². The summed E-state index contributed by atoms with van der Waals surface area (Å²) in [4.78, 5) is 25.7. The van der Waals surface area contributed by atoms with Crippen molar-refractivity contribution in [3.8, 4) is 23.0 Å². The first kappa shape index (κ1) is 18.4. The Bertz CT molecular complexity index is 1070. The van der Waals surface area contributed by atoms with E-state index in [4.69, 9.17) is 9.47 Å². The van der Waals surface area contributed by atoms with Crippen LogP contribution in [0.15, 0.2) is 66.7 Å². The normalized spacial score (nSPS) is 17.9. The first-order valence-electron chi connectivity index (χ1n) is 8.76. The number of ketones is 1. The van der Waals surface area contributed by atoms with Crippen LogP contribution in [0.25, 0.3) is 0 Å². The molecule has 4 rings (SSSR count). The number of para-hydroxylation sites is 1. The second-order valence-corrected chi connectivity index (χ2v) is 6.50. The Morgan fingerprint density at radius 3 is 2.21 bits per heavy atom. The Morgan fingerprint density at radius 2 is 1.52 bits per heavy atom. The summed E-state index contributed by atoms with van der Waals surface area (Å²) in [6.45, 7) is 0. The maximum atomic E-state index is 13.1. The Morgan fingerprint density at radius 1 is 0.897 bits per heavy atom. The van der Waals surface area contributed by atoms with Crippen LogP contribution in [0.2, 0.25) is 0 Å². The molecule has 0 fully saturated rings. The lowest BCUT2D eigenvalue weighted by atomic mass is 9.93. The van der Waals surface area contributed by atoms with Crippen molar-refractivity contribution in [2.24, 2.45) is 0 Å². The molecule has 3 aromatic rings. The minimum absolute atomic E-state index is 0.226. The molecule has 7 heteroatoms. The van der Waals surface area contributed by atoms with E-state index < -0.39 is 41.2 Å². The fraction of sp³-hybridized carbons (Fsp3) is 0.0909. The summed E-state index contributed by atoms with van der Waals surface area (Å²) in [5.74, 6) is -3.13. The summed E-state index contributed by atoms with van der Waals surface area (Å²) >= 11 is 0. The van der Waals surface area contributed by atoms with Gasteiger partial charge < -0.3 is 24.8 Å². The molecule has 29 heavy (non-hydrogen) atoms. The first-order valence-corrected chi connectivity index (χ1v) is 8.76. The van der Waals surface area contributed by atoms with Gasteiger partial charge in [0, 0.05) is 0 Å². The van der Waals surface area contributed by atoms with Gasteiger partial charge in [0.25, 0.3) is 0 Å². The monoisotopic (exact) mass is 392 g/mol. The number of phenols is 3. The molecule has 0 aromatic heterocycles. The number of benzene rings is 3. The Labute approximate surface area is 165 Å². The maximum absolute atomic E-state index is 13.1. The average molecular weight is 392 g/mol. The number of carbonyl (C=O) groups excluding carboxylic acids is 2. The third-order valence-corrected chi connectivity index (χ3v) is 4.61. The topological polar surface area (TPSA) is 113 Å². The van der Waals surface area contributed by atoms with Crippen molar-refractivity contribution in [3.63, 3.8) is 0 Å². The molecule has 0 radical (unpaired) electrons. The van der Waals surface area contributed by atoms with Crippen LogP contribution < -0.4 is 4.74 Å². The Hall–Kier alpha value is -4.00. The number of phenolic OH excluding ortho intramolecular Hbond substituents is 3. The number of carbonyl (C=O) groups is 2. The number of Topliss-reactive ketones (excluding diaryl/α,β-unsaturated/α-hetero) is 1. The molecule has 7 nitrogen and oxygen atoms in total. The third-order valence-electron chi connectivity index (χ3n) is 4.61. The third kappa shape index (κ3) is 3.34. The van der Waals surface area contributed by atoms with Crippen LogP contribution in [-0.2, 0) is 4.74 Å². The molecule has 1 aliphatic rings. The van der Waals surface area contributed by atoms with Crippen LogP contribution >= 0.6 is 0 Å². The highest BCUT2D eigenvalue weighted by Gasteiger charge is 2.41. The zero-order chi connectivity index (χ0) is 20.5. The predicted octanol–water partition coefficient (Wildman–Crippen LogP) is 3.35. The molecule has 0 saturated carbocycles.